The molecule has 0 radical (unpaired) electrons. The van der Waals surface area contributed by atoms with Crippen molar-refractivity contribution < 1.29 is 10.2 Å². The number of hydrogen-bond donors (Lipinski definition) is 3. The highest BCUT2D eigenvalue weighted by Crippen LogP contribution is 2.28. The van der Waals surface area contributed by atoms with E-state index in [0.717, 1.165) is 10.0 Å². The number of halogens is 1. The van der Waals surface area contributed by atoms with Crippen LogP contribution in [0.1, 0.15) is 17.2 Å². The molecule has 0 aliphatic carbocycles. The molecule has 0 unspecified atom stereocenters. The summed E-state index contributed by atoms with van der Waals surface area (Å²) in [4.78, 5) is 0. The highest BCUT2D eigenvalue weighted by atomic mass is 79.9. The van der Waals surface area contributed by atoms with Gasteiger partial charge in [0.25, 0.3) is 0 Å². The minimum absolute atomic E-state index is 0.0917. The summed E-state index contributed by atoms with van der Waals surface area (Å²) in [6.45, 7) is 0. The lowest BCUT2D eigenvalue weighted by atomic mass is 9.96. The summed E-state index contributed by atoms with van der Waals surface area (Å²) in [6, 6.07) is 14.1. The summed E-state index contributed by atoms with van der Waals surface area (Å²) in [5, 5.41) is 20.0. The third-order valence-corrected chi connectivity index (χ3v) is 3.55. The summed E-state index contributed by atoms with van der Waals surface area (Å²) in [5.41, 5.74) is 7.58. The molecule has 3 nitrogen and oxygen atoms in total. The maximum absolute atomic E-state index is 10.2. The zero-order valence-corrected chi connectivity index (χ0v) is 11.9. The lowest BCUT2D eigenvalue weighted by Crippen LogP contribution is -2.28. The van der Waals surface area contributed by atoms with Crippen LogP contribution in [-0.4, -0.2) is 16.3 Å². The van der Waals surface area contributed by atoms with E-state index in [2.05, 4.69) is 15.9 Å². The quantitative estimate of drug-likeness (QED) is 0.811. The smallest absolute Gasteiger partial charge is 0.121 e. The lowest BCUT2D eigenvalue weighted by Gasteiger charge is -2.20. The number of nitrogens with two attached hydrogens (primary N) is 1. The predicted octanol–water partition coefficient (Wildman–Crippen LogP) is 2.76. The zero-order chi connectivity index (χ0) is 13.8. The molecule has 100 valence electrons. The van der Waals surface area contributed by atoms with Gasteiger partial charge in [-0.05, 0) is 17.7 Å². The van der Waals surface area contributed by atoms with Crippen molar-refractivity contribution in [2.24, 2.45) is 5.73 Å². The molecule has 0 fully saturated rings. The van der Waals surface area contributed by atoms with E-state index >= 15 is 0 Å². The molecular weight excluding hydrogens is 306 g/mol. The van der Waals surface area contributed by atoms with Crippen molar-refractivity contribution in [1.82, 2.24) is 0 Å². The minimum atomic E-state index is -0.741. The van der Waals surface area contributed by atoms with Crippen molar-refractivity contribution >= 4 is 15.9 Å². The molecule has 4 N–H and O–H groups in total. The Labute approximate surface area is 120 Å². The summed E-state index contributed by atoms with van der Waals surface area (Å²) >= 11 is 3.27. The summed E-state index contributed by atoms with van der Waals surface area (Å²) in [6.07, 6.45) is -0.285. The molecule has 0 spiro atoms. The molecule has 2 aromatic carbocycles. The van der Waals surface area contributed by atoms with Gasteiger partial charge < -0.3 is 15.9 Å². The van der Waals surface area contributed by atoms with Crippen LogP contribution in [0.15, 0.2) is 53.0 Å². The Hall–Kier alpha value is -1.36. The first-order valence-corrected chi connectivity index (χ1v) is 6.83. The van der Waals surface area contributed by atoms with Gasteiger partial charge in [0, 0.05) is 16.5 Å². The van der Waals surface area contributed by atoms with E-state index in [1.54, 1.807) is 18.2 Å². The number of aromatic hydroxyl groups is 1. The third kappa shape index (κ3) is 3.56. The minimum Gasteiger partial charge on any atom is -0.508 e. The number of rotatable bonds is 4. The van der Waals surface area contributed by atoms with Gasteiger partial charge in [-0.2, -0.15) is 0 Å². The highest BCUT2D eigenvalue weighted by molar-refractivity contribution is 9.10. The topological polar surface area (TPSA) is 66.5 Å². The fourth-order valence-corrected chi connectivity index (χ4v) is 2.34. The van der Waals surface area contributed by atoms with Crippen molar-refractivity contribution in [2.75, 3.05) is 0 Å². The van der Waals surface area contributed by atoms with Crippen LogP contribution in [0.5, 0.6) is 5.75 Å². The number of hydrogen-bond acceptors (Lipinski definition) is 3. The second kappa shape index (κ2) is 6.19. The fourth-order valence-electron chi connectivity index (χ4n) is 1.99. The number of phenols is 1. The van der Waals surface area contributed by atoms with Gasteiger partial charge >= 0.3 is 0 Å². The molecule has 0 saturated carbocycles. The first-order chi connectivity index (χ1) is 9.08. The number of aliphatic hydroxyl groups excluding tert-OH is 1. The molecule has 2 rings (SSSR count). The van der Waals surface area contributed by atoms with Crippen LogP contribution in [0, 0.1) is 0 Å². The van der Waals surface area contributed by atoms with Crippen LogP contribution in [0.3, 0.4) is 0 Å². The van der Waals surface area contributed by atoms with Crippen LogP contribution in [-0.2, 0) is 6.42 Å². The van der Waals surface area contributed by atoms with E-state index in [-0.39, 0.29) is 5.75 Å². The molecule has 4 heteroatoms. The highest BCUT2D eigenvalue weighted by Gasteiger charge is 2.20. The van der Waals surface area contributed by atoms with E-state index in [0.29, 0.717) is 12.0 Å². The zero-order valence-electron chi connectivity index (χ0n) is 10.3. The molecule has 0 aromatic heterocycles. The molecule has 2 atom stereocenters. The first-order valence-electron chi connectivity index (χ1n) is 6.04. The molecule has 2 aromatic rings. The molecule has 0 aliphatic heterocycles. The van der Waals surface area contributed by atoms with E-state index < -0.39 is 12.1 Å². The van der Waals surface area contributed by atoms with E-state index in [9.17, 15) is 10.2 Å². The van der Waals surface area contributed by atoms with Crippen molar-refractivity contribution in [1.29, 1.82) is 0 Å². The second-order valence-corrected chi connectivity index (χ2v) is 5.40. The SMILES string of the molecule is N[C@@H](c1ccc(Br)cc1O)[C@H](O)Cc1ccccc1. The lowest BCUT2D eigenvalue weighted by molar-refractivity contribution is 0.143. The van der Waals surface area contributed by atoms with E-state index in [1.165, 1.54) is 0 Å². The number of phenolic OH excluding ortho intramolecular Hbond substituents is 1. The van der Waals surface area contributed by atoms with Crippen LogP contribution in [0.25, 0.3) is 0 Å². The monoisotopic (exact) mass is 321 g/mol. The Kier molecular flexibility index (Phi) is 4.58. The average molecular weight is 322 g/mol. The van der Waals surface area contributed by atoms with Crippen LogP contribution in [0.2, 0.25) is 0 Å². The number of aliphatic hydroxyl groups is 1. The first kappa shape index (κ1) is 14.1. The van der Waals surface area contributed by atoms with Gasteiger partial charge in [0.1, 0.15) is 5.75 Å². The summed E-state index contributed by atoms with van der Waals surface area (Å²) in [5.74, 6) is 0.0917. The summed E-state index contributed by atoms with van der Waals surface area (Å²) in [7, 11) is 0. The Balaban J connectivity index is 2.12. The predicted molar refractivity (Wildman–Crippen MR) is 78.9 cm³/mol. The Morgan fingerprint density at radius 2 is 1.79 bits per heavy atom. The standard InChI is InChI=1S/C15H16BrNO2/c16-11-6-7-12(13(18)9-11)15(17)14(19)8-10-4-2-1-3-5-10/h1-7,9,14-15,18-19H,8,17H2/t14-,15+/m1/s1. The summed E-state index contributed by atoms with van der Waals surface area (Å²) < 4.78 is 0.776. The Bertz CT molecular complexity index is 545. The van der Waals surface area contributed by atoms with Crippen molar-refractivity contribution in [3.8, 4) is 5.75 Å². The fraction of sp³-hybridized carbons (Fsp3) is 0.200. The third-order valence-electron chi connectivity index (χ3n) is 3.05. The maximum atomic E-state index is 10.2. The van der Waals surface area contributed by atoms with Gasteiger partial charge in [0.05, 0.1) is 12.1 Å². The van der Waals surface area contributed by atoms with Gasteiger partial charge in [0.2, 0.25) is 0 Å². The van der Waals surface area contributed by atoms with Crippen LogP contribution < -0.4 is 5.73 Å². The maximum Gasteiger partial charge on any atom is 0.121 e. The molecule has 0 aliphatic rings. The average Bonchev–Trinajstić information content (AvgIpc) is 2.39. The van der Waals surface area contributed by atoms with Gasteiger partial charge in [0.15, 0.2) is 0 Å². The largest absolute Gasteiger partial charge is 0.508 e. The molecular formula is C15H16BrNO2. The molecule has 0 saturated heterocycles. The van der Waals surface area contributed by atoms with E-state index in [4.69, 9.17) is 5.73 Å². The van der Waals surface area contributed by atoms with E-state index in [1.807, 2.05) is 30.3 Å². The number of benzene rings is 2. The Morgan fingerprint density at radius 3 is 2.42 bits per heavy atom. The van der Waals surface area contributed by atoms with Gasteiger partial charge in [-0.25, -0.2) is 0 Å². The molecule has 0 amide bonds. The van der Waals surface area contributed by atoms with Gasteiger partial charge in [-0.15, -0.1) is 0 Å². The normalized spacial score (nSPS) is 14.1. The van der Waals surface area contributed by atoms with Crippen molar-refractivity contribution in [3.63, 3.8) is 0 Å². The van der Waals surface area contributed by atoms with Gasteiger partial charge in [-0.1, -0.05) is 52.3 Å². The molecule has 0 bridgehead atoms. The van der Waals surface area contributed by atoms with Crippen molar-refractivity contribution in [3.05, 3.63) is 64.1 Å². The van der Waals surface area contributed by atoms with Crippen molar-refractivity contribution in [2.45, 2.75) is 18.6 Å². The van der Waals surface area contributed by atoms with Crippen LogP contribution in [0.4, 0.5) is 0 Å². The molecule has 19 heavy (non-hydrogen) atoms. The second-order valence-electron chi connectivity index (χ2n) is 4.49. The van der Waals surface area contributed by atoms with Gasteiger partial charge in [-0.3, -0.25) is 0 Å². The van der Waals surface area contributed by atoms with Crippen LogP contribution >= 0.6 is 15.9 Å². The Morgan fingerprint density at radius 1 is 1.11 bits per heavy atom. The molecule has 0 heterocycles.